The Morgan fingerprint density at radius 3 is 2.14 bits per heavy atom. The highest BCUT2D eigenvalue weighted by Gasteiger charge is 2.22. The van der Waals surface area contributed by atoms with Crippen LogP contribution in [0, 0.1) is 0 Å². The van der Waals surface area contributed by atoms with Gasteiger partial charge in [0.15, 0.2) is 5.78 Å². The van der Waals surface area contributed by atoms with Gasteiger partial charge in [0.05, 0.1) is 6.54 Å². The number of alkyl carbamates (subject to hydrolysis) is 1. The first kappa shape index (κ1) is 21.1. The predicted octanol–water partition coefficient (Wildman–Crippen LogP) is 1.86. The van der Waals surface area contributed by atoms with Gasteiger partial charge in [-0.25, -0.2) is 4.79 Å². The predicted molar refractivity (Wildman–Crippen MR) is 104 cm³/mol. The molecule has 0 saturated heterocycles. The summed E-state index contributed by atoms with van der Waals surface area (Å²) in [5, 5.41) is 5.10. The van der Waals surface area contributed by atoms with Crippen LogP contribution in [0.5, 0.6) is 0 Å². The van der Waals surface area contributed by atoms with Crippen molar-refractivity contribution in [3.63, 3.8) is 0 Å². The van der Waals surface area contributed by atoms with Crippen molar-refractivity contribution in [3.05, 3.63) is 71.8 Å². The van der Waals surface area contributed by atoms with Crippen molar-refractivity contribution in [1.29, 1.82) is 0 Å². The van der Waals surface area contributed by atoms with Gasteiger partial charge in [-0.2, -0.15) is 0 Å². The van der Waals surface area contributed by atoms with Crippen molar-refractivity contribution in [3.8, 4) is 0 Å². The normalized spacial score (nSPS) is 11.3. The van der Waals surface area contributed by atoms with E-state index in [1.807, 2.05) is 60.7 Å². The molecule has 148 valence electrons. The molecule has 0 unspecified atom stereocenters. The number of amides is 2. The molecule has 0 aliphatic heterocycles. The summed E-state index contributed by atoms with van der Waals surface area (Å²) in [5.74, 6) is -0.731. The zero-order valence-electron chi connectivity index (χ0n) is 15.7. The van der Waals surface area contributed by atoms with Gasteiger partial charge in [0, 0.05) is 13.5 Å². The van der Waals surface area contributed by atoms with Crippen molar-refractivity contribution in [2.45, 2.75) is 19.1 Å². The first-order valence-electron chi connectivity index (χ1n) is 8.88. The molecule has 0 aliphatic carbocycles. The molecule has 28 heavy (non-hydrogen) atoms. The average Bonchev–Trinajstić information content (AvgIpc) is 2.72. The van der Waals surface area contributed by atoms with Crippen LogP contribution >= 0.6 is 0 Å². The van der Waals surface area contributed by atoms with Crippen molar-refractivity contribution in [1.82, 2.24) is 10.6 Å². The Kier molecular flexibility index (Phi) is 8.68. The van der Waals surface area contributed by atoms with Crippen molar-refractivity contribution in [2.75, 3.05) is 20.3 Å². The van der Waals surface area contributed by atoms with Crippen LogP contribution in [-0.2, 0) is 32.1 Å². The molecule has 0 aromatic heterocycles. The van der Waals surface area contributed by atoms with Crippen molar-refractivity contribution in [2.24, 2.45) is 0 Å². The lowest BCUT2D eigenvalue weighted by molar-refractivity contribution is -0.127. The monoisotopic (exact) mass is 384 g/mol. The molecule has 0 fully saturated rings. The maximum atomic E-state index is 12.5. The first-order valence-corrected chi connectivity index (χ1v) is 8.88. The number of Topliss-reactive ketones (excluding diaryl/α,β-unsaturated/α-hetero) is 1. The minimum absolute atomic E-state index is 0.0871. The van der Waals surface area contributed by atoms with Crippen LogP contribution in [-0.4, -0.2) is 44.1 Å². The van der Waals surface area contributed by atoms with Crippen LogP contribution in [0.1, 0.15) is 11.1 Å². The molecule has 2 amide bonds. The summed E-state index contributed by atoms with van der Waals surface area (Å²) >= 11 is 0. The zero-order chi connectivity index (χ0) is 20.2. The number of hydrogen-bond donors (Lipinski definition) is 2. The van der Waals surface area contributed by atoms with Crippen LogP contribution in [0.4, 0.5) is 4.79 Å². The van der Waals surface area contributed by atoms with Gasteiger partial charge in [0.1, 0.15) is 19.3 Å². The number of ketones is 1. The highest BCUT2D eigenvalue weighted by Crippen LogP contribution is 2.05. The van der Waals surface area contributed by atoms with Gasteiger partial charge < -0.3 is 20.1 Å². The van der Waals surface area contributed by atoms with E-state index >= 15 is 0 Å². The minimum Gasteiger partial charge on any atom is -0.445 e. The average molecular weight is 384 g/mol. The minimum atomic E-state index is -0.874. The molecular weight excluding hydrogens is 360 g/mol. The number of ether oxygens (including phenoxy) is 2. The van der Waals surface area contributed by atoms with E-state index < -0.39 is 18.0 Å². The maximum absolute atomic E-state index is 12.5. The molecule has 7 heteroatoms. The third-order valence-electron chi connectivity index (χ3n) is 3.87. The van der Waals surface area contributed by atoms with E-state index in [0.717, 1.165) is 11.1 Å². The van der Waals surface area contributed by atoms with Crippen LogP contribution < -0.4 is 10.6 Å². The Hall–Kier alpha value is -3.19. The Bertz CT molecular complexity index is 765. The van der Waals surface area contributed by atoms with Gasteiger partial charge in [-0.15, -0.1) is 0 Å². The van der Waals surface area contributed by atoms with Gasteiger partial charge in [-0.3, -0.25) is 9.59 Å². The van der Waals surface area contributed by atoms with E-state index in [-0.39, 0.29) is 32.0 Å². The Morgan fingerprint density at radius 2 is 1.54 bits per heavy atom. The topological polar surface area (TPSA) is 93.7 Å². The second-order valence-electron chi connectivity index (χ2n) is 6.14. The fourth-order valence-corrected chi connectivity index (χ4v) is 2.49. The second-order valence-corrected chi connectivity index (χ2v) is 6.14. The van der Waals surface area contributed by atoms with Crippen molar-refractivity contribution >= 4 is 17.8 Å². The van der Waals surface area contributed by atoms with Gasteiger partial charge >= 0.3 is 6.09 Å². The number of nitrogens with one attached hydrogen (secondary N) is 2. The van der Waals surface area contributed by atoms with Gasteiger partial charge in [-0.1, -0.05) is 60.7 Å². The highest BCUT2D eigenvalue weighted by molar-refractivity contribution is 5.90. The first-order chi connectivity index (χ1) is 13.6. The summed E-state index contributed by atoms with van der Waals surface area (Å²) in [7, 11) is 1.40. The van der Waals surface area contributed by atoms with Gasteiger partial charge in [0.25, 0.3) is 0 Å². The smallest absolute Gasteiger partial charge is 0.408 e. The largest absolute Gasteiger partial charge is 0.445 e. The molecule has 7 nitrogen and oxygen atoms in total. The molecule has 2 rings (SSSR count). The van der Waals surface area contributed by atoms with Gasteiger partial charge in [-0.05, 0) is 11.1 Å². The quantitative estimate of drug-likeness (QED) is 0.652. The Labute approximate surface area is 164 Å². The summed E-state index contributed by atoms with van der Waals surface area (Å²) in [6.07, 6.45) is -0.436. The SMILES string of the molecule is COCC(=O)CNC(=O)[C@H](Cc1ccccc1)NC(=O)OCc1ccccc1. The van der Waals surface area contributed by atoms with E-state index in [1.165, 1.54) is 7.11 Å². The lowest BCUT2D eigenvalue weighted by Gasteiger charge is -2.18. The van der Waals surface area contributed by atoms with Crippen molar-refractivity contribution < 1.29 is 23.9 Å². The summed E-state index contributed by atoms with van der Waals surface area (Å²) in [6, 6.07) is 17.6. The second kappa shape index (κ2) is 11.5. The number of carbonyl (C=O) groups excluding carboxylic acids is 3. The summed E-state index contributed by atoms with van der Waals surface area (Å²) < 4.78 is 9.93. The molecule has 2 aromatic rings. The van der Waals surface area contributed by atoms with E-state index in [9.17, 15) is 14.4 Å². The summed E-state index contributed by atoms with van der Waals surface area (Å²) in [5.41, 5.74) is 1.71. The van der Waals surface area contributed by atoms with Crippen LogP contribution in [0.2, 0.25) is 0 Å². The fraction of sp³-hybridized carbons (Fsp3) is 0.286. The van der Waals surface area contributed by atoms with E-state index in [0.29, 0.717) is 0 Å². The zero-order valence-corrected chi connectivity index (χ0v) is 15.7. The summed E-state index contributed by atoms with van der Waals surface area (Å²) in [6.45, 7) is -0.159. The fourth-order valence-electron chi connectivity index (χ4n) is 2.49. The third kappa shape index (κ3) is 7.59. The molecule has 0 spiro atoms. The molecular formula is C21H24N2O5. The molecule has 0 radical (unpaired) electrons. The number of hydrogen-bond acceptors (Lipinski definition) is 5. The lowest BCUT2D eigenvalue weighted by atomic mass is 10.1. The molecule has 2 aromatic carbocycles. The van der Waals surface area contributed by atoms with Crippen LogP contribution in [0.25, 0.3) is 0 Å². The van der Waals surface area contributed by atoms with Gasteiger partial charge in [0.2, 0.25) is 5.91 Å². The van der Waals surface area contributed by atoms with Crippen LogP contribution in [0.15, 0.2) is 60.7 Å². The Morgan fingerprint density at radius 1 is 0.929 bits per heavy atom. The molecule has 0 saturated carbocycles. The number of rotatable bonds is 10. The van der Waals surface area contributed by atoms with Crippen LogP contribution in [0.3, 0.4) is 0 Å². The number of carbonyl (C=O) groups is 3. The molecule has 0 heterocycles. The molecule has 2 N–H and O–H groups in total. The maximum Gasteiger partial charge on any atom is 0.408 e. The Balaban J connectivity index is 1.95. The lowest BCUT2D eigenvalue weighted by Crippen LogP contribution is -2.49. The molecule has 0 bridgehead atoms. The number of methoxy groups -OCH3 is 1. The number of benzene rings is 2. The molecule has 1 atom stereocenters. The van der Waals surface area contributed by atoms with E-state index in [1.54, 1.807) is 0 Å². The third-order valence-corrected chi connectivity index (χ3v) is 3.87. The standard InChI is InChI=1S/C21H24N2O5/c1-27-15-18(24)13-22-20(25)19(12-16-8-4-2-5-9-16)23-21(26)28-14-17-10-6-3-7-11-17/h2-11,19H,12-15H2,1H3,(H,22,25)(H,23,26)/t19-/m0/s1. The molecule has 0 aliphatic rings. The highest BCUT2D eigenvalue weighted by atomic mass is 16.5. The van der Waals surface area contributed by atoms with E-state index in [2.05, 4.69) is 10.6 Å². The summed E-state index contributed by atoms with van der Waals surface area (Å²) in [4.78, 5) is 36.2. The van der Waals surface area contributed by atoms with E-state index in [4.69, 9.17) is 9.47 Å².